The summed E-state index contributed by atoms with van der Waals surface area (Å²) in [6.45, 7) is 2.21. The fraction of sp³-hybridized carbons (Fsp3) is 0.583. The second-order valence-corrected chi connectivity index (χ2v) is 4.51. The van der Waals surface area contributed by atoms with Gasteiger partial charge < -0.3 is 20.4 Å². The van der Waals surface area contributed by atoms with Crippen LogP contribution in [-0.4, -0.2) is 43.2 Å². The normalized spacial score (nSPS) is 22.5. The predicted molar refractivity (Wildman–Crippen MR) is 72.2 cm³/mol. The van der Waals surface area contributed by atoms with E-state index < -0.39 is 0 Å². The molecule has 1 aliphatic rings. The lowest BCUT2D eigenvalue weighted by Crippen LogP contribution is -2.53. The molecule has 2 heterocycles. The minimum Gasteiger partial charge on any atom is -0.383 e. The maximum atomic E-state index is 11.8. The minimum absolute atomic E-state index is 0. The number of carbonyl (C=O) groups is 1. The molecule has 1 atom stereocenters. The van der Waals surface area contributed by atoms with Crippen LogP contribution in [0.5, 0.6) is 0 Å². The van der Waals surface area contributed by atoms with Crippen LogP contribution >= 0.6 is 12.4 Å². The zero-order chi connectivity index (χ0) is 12.1. The van der Waals surface area contributed by atoms with E-state index in [2.05, 4.69) is 15.6 Å². The van der Waals surface area contributed by atoms with Crippen LogP contribution in [0.1, 0.15) is 23.3 Å². The molecule has 1 amide bonds. The minimum atomic E-state index is -0.100. The Hall–Kier alpha value is -1.04. The number of H-pyrrole nitrogens is 1. The Bertz CT molecular complexity index is 361. The van der Waals surface area contributed by atoms with Crippen LogP contribution in [0.4, 0.5) is 0 Å². The Morgan fingerprint density at radius 3 is 3.00 bits per heavy atom. The van der Waals surface area contributed by atoms with Gasteiger partial charge in [0, 0.05) is 19.9 Å². The van der Waals surface area contributed by atoms with E-state index in [1.807, 2.05) is 6.07 Å². The highest BCUT2D eigenvalue weighted by atomic mass is 35.5. The van der Waals surface area contributed by atoms with Gasteiger partial charge in [0.05, 0.1) is 12.1 Å². The second kappa shape index (κ2) is 6.78. The molecule has 0 spiro atoms. The van der Waals surface area contributed by atoms with Crippen molar-refractivity contribution in [1.82, 2.24) is 15.6 Å². The molecule has 1 aliphatic heterocycles. The lowest BCUT2D eigenvalue weighted by atomic mass is 9.98. The third-order valence-electron chi connectivity index (χ3n) is 3.18. The standard InChI is InChI=1S/C12H19N3O2.ClH/c1-17-9-12(5-3-7-15-12)8-14-11(16)10-4-2-6-13-10;/h2,4,6,13,15H,3,5,7-9H2,1H3,(H,14,16);1H. The Labute approximate surface area is 113 Å². The van der Waals surface area contributed by atoms with Gasteiger partial charge in [0.15, 0.2) is 0 Å². The van der Waals surface area contributed by atoms with Gasteiger partial charge in [-0.1, -0.05) is 0 Å². The Morgan fingerprint density at radius 1 is 1.61 bits per heavy atom. The molecule has 102 valence electrons. The van der Waals surface area contributed by atoms with E-state index in [-0.39, 0.29) is 23.9 Å². The first-order valence-corrected chi connectivity index (χ1v) is 5.91. The SMILES string of the molecule is COCC1(CNC(=O)c2ccc[nH]2)CCCN1.Cl. The number of aromatic amines is 1. The number of halogens is 1. The molecular weight excluding hydrogens is 254 g/mol. The topological polar surface area (TPSA) is 66.1 Å². The van der Waals surface area contributed by atoms with Gasteiger partial charge in [0.1, 0.15) is 5.69 Å². The molecule has 0 aliphatic carbocycles. The highest BCUT2D eigenvalue weighted by Gasteiger charge is 2.33. The van der Waals surface area contributed by atoms with Crippen molar-refractivity contribution >= 4 is 18.3 Å². The molecule has 1 aromatic rings. The lowest BCUT2D eigenvalue weighted by Gasteiger charge is -2.28. The number of ether oxygens (including phenoxy) is 1. The van der Waals surface area contributed by atoms with Crippen molar-refractivity contribution in [1.29, 1.82) is 0 Å². The maximum Gasteiger partial charge on any atom is 0.267 e. The van der Waals surface area contributed by atoms with E-state index in [0.29, 0.717) is 18.8 Å². The molecule has 0 aromatic carbocycles. The predicted octanol–water partition coefficient (Wildman–Crippen LogP) is 0.935. The fourth-order valence-electron chi connectivity index (χ4n) is 2.29. The summed E-state index contributed by atoms with van der Waals surface area (Å²) in [5, 5.41) is 6.36. The quantitative estimate of drug-likeness (QED) is 0.748. The summed E-state index contributed by atoms with van der Waals surface area (Å²) in [7, 11) is 1.69. The van der Waals surface area contributed by atoms with Crippen molar-refractivity contribution in [2.45, 2.75) is 18.4 Å². The van der Waals surface area contributed by atoms with Crippen LogP contribution in [0.15, 0.2) is 18.3 Å². The van der Waals surface area contributed by atoms with E-state index >= 15 is 0 Å². The molecule has 3 N–H and O–H groups in total. The van der Waals surface area contributed by atoms with Gasteiger partial charge in [-0.15, -0.1) is 12.4 Å². The van der Waals surface area contributed by atoms with Gasteiger partial charge in [-0.25, -0.2) is 0 Å². The third-order valence-corrected chi connectivity index (χ3v) is 3.18. The van der Waals surface area contributed by atoms with Crippen LogP contribution in [0.2, 0.25) is 0 Å². The van der Waals surface area contributed by atoms with E-state index in [1.54, 1.807) is 19.4 Å². The molecule has 6 heteroatoms. The number of methoxy groups -OCH3 is 1. The van der Waals surface area contributed by atoms with Gasteiger partial charge in [0.2, 0.25) is 0 Å². The van der Waals surface area contributed by atoms with Gasteiger partial charge in [0.25, 0.3) is 5.91 Å². The molecule has 1 aromatic heterocycles. The molecule has 18 heavy (non-hydrogen) atoms. The first-order chi connectivity index (χ1) is 8.26. The van der Waals surface area contributed by atoms with Crippen LogP contribution in [0, 0.1) is 0 Å². The van der Waals surface area contributed by atoms with Crippen molar-refractivity contribution in [3.05, 3.63) is 24.0 Å². The average molecular weight is 274 g/mol. The van der Waals surface area contributed by atoms with Crippen LogP contribution in [-0.2, 0) is 4.74 Å². The summed E-state index contributed by atoms with van der Waals surface area (Å²) < 4.78 is 5.23. The second-order valence-electron chi connectivity index (χ2n) is 4.51. The fourth-order valence-corrected chi connectivity index (χ4v) is 2.29. The van der Waals surface area contributed by atoms with E-state index in [1.165, 1.54) is 0 Å². The van der Waals surface area contributed by atoms with Gasteiger partial charge >= 0.3 is 0 Å². The van der Waals surface area contributed by atoms with Crippen LogP contribution in [0.3, 0.4) is 0 Å². The van der Waals surface area contributed by atoms with Crippen molar-refractivity contribution in [3.63, 3.8) is 0 Å². The monoisotopic (exact) mass is 273 g/mol. The Morgan fingerprint density at radius 2 is 2.44 bits per heavy atom. The zero-order valence-corrected chi connectivity index (χ0v) is 11.3. The summed E-state index contributed by atoms with van der Waals surface area (Å²) in [5.74, 6) is -0.0702. The van der Waals surface area contributed by atoms with Crippen LogP contribution < -0.4 is 10.6 Å². The summed E-state index contributed by atoms with van der Waals surface area (Å²) in [6, 6.07) is 3.58. The molecule has 1 fully saturated rings. The van der Waals surface area contributed by atoms with Crippen molar-refractivity contribution in [2.75, 3.05) is 26.8 Å². The number of nitrogens with one attached hydrogen (secondary N) is 3. The van der Waals surface area contributed by atoms with E-state index in [0.717, 1.165) is 19.4 Å². The highest BCUT2D eigenvalue weighted by molar-refractivity contribution is 5.92. The van der Waals surface area contributed by atoms with Gasteiger partial charge in [-0.05, 0) is 31.5 Å². The van der Waals surface area contributed by atoms with Crippen molar-refractivity contribution < 1.29 is 9.53 Å². The molecule has 0 saturated carbocycles. The highest BCUT2D eigenvalue weighted by Crippen LogP contribution is 2.18. The molecule has 0 radical (unpaired) electrons. The first kappa shape index (κ1) is 15.0. The zero-order valence-electron chi connectivity index (χ0n) is 10.5. The van der Waals surface area contributed by atoms with E-state index in [9.17, 15) is 4.79 Å². The molecule has 1 unspecified atom stereocenters. The molecule has 2 rings (SSSR count). The number of hydrogen-bond acceptors (Lipinski definition) is 3. The largest absolute Gasteiger partial charge is 0.383 e. The smallest absolute Gasteiger partial charge is 0.267 e. The summed E-state index contributed by atoms with van der Waals surface area (Å²) in [4.78, 5) is 14.7. The third kappa shape index (κ3) is 3.48. The molecule has 1 saturated heterocycles. The molecular formula is C12H20ClN3O2. The molecule has 5 nitrogen and oxygen atoms in total. The summed E-state index contributed by atoms with van der Waals surface area (Å²) in [6.07, 6.45) is 3.90. The number of carbonyl (C=O) groups excluding carboxylic acids is 1. The maximum absolute atomic E-state index is 11.8. The first-order valence-electron chi connectivity index (χ1n) is 5.91. The van der Waals surface area contributed by atoms with Crippen LogP contribution in [0.25, 0.3) is 0 Å². The van der Waals surface area contributed by atoms with Crippen molar-refractivity contribution in [3.8, 4) is 0 Å². The summed E-state index contributed by atoms with van der Waals surface area (Å²) in [5.41, 5.74) is 0.493. The number of aromatic nitrogens is 1. The lowest BCUT2D eigenvalue weighted by molar-refractivity contribution is 0.0888. The number of rotatable bonds is 5. The van der Waals surface area contributed by atoms with Gasteiger partial charge in [-0.2, -0.15) is 0 Å². The Kier molecular flexibility index (Phi) is 5.65. The average Bonchev–Trinajstić information content (AvgIpc) is 2.98. The number of hydrogen-bond donors (Lipinski definition) is 3. The molecule has 0 bridgehead atoms. The number of amides is 1. The Balaban J connectivity index is 0.00000162. The van der Waals surface area contributed by atoms with Gasteiger partial charge in [-0.3, -0.25) is 4.79 Å². The summed E-state index contributed by atoms with van der Waals surface area (Å²) >= 11 is 0. The van der Waals surface area contributed by atoms with E-state index in [4.69, 9.17) is 4.74 Å². The van der Waals surface area contributed by atoms with Crippen molar-refractivity contribution in [2.24, 2.45) is 0 Å².